The minimum Gasteiger partial charge on any atom is -0.369 e. The Kier molecular flexibility index (Phi) is 3.98. The lowest BCUT2D eigenvalue weighted by atomic mass is 9.98. The lowest BCUT2D eigenvalue weighted by Crippen LogP contribution is -2.45. The van der Waals surface area contributed by atoms with Crippen LogP contribution >= 0.6 is 0 Å². The number of nitrogens with zero attached hydrogens (tertiary/aromatic N) is 4. The molecular weight excluding hydrogens is 359 g/mol. The zero-order chi connectivity index (χ0) is 19.6. The van der Waals surface area contributed by atoms with Gasteiger partial charge in [0.2, 0.25) is 0 Å². The molecule has 1 saturated carbocycles. The molecule has 5 rings (SSSR count). The lowest BCUT2D eigenvalue weighted by Gasteiger charge is -2.38. The molecule has 6 nitrogen and oxygen atoms in total. The fourth-order valence-electron chi connectivity index (χ4n) is 4.72. The van der Waals surface area contributed by atoms with Crippen molar-refractivity contribution in [3.63, 3.8) is 0 Å². The van der Waals surface area contributed by atoms with E-state index in [1.807, 2.05) is 20.9 Å². The number of aryl methyl sites for hydroxylation is 1. The van der Waals surface area contributed by atoms with Crippen molar-refractivity contribution in [1.29, 1.82) is 0 Å². The third-order valence-electron chi connectivity index (χ3n) is 6.04. The average molecular weight is 384 g/mol. The Morgan fingerprint density at radius 1 is 1.21 bits per heavy atom. The highest BCUT2D eigenvalue weighted by atomic mass is 19.1. The Morgan fingerprint density at radius 2 is 2.00 bits per heavy atom. The Bertz CT molecular complexity index is 952. The molecule has 0 N–H and O–H groups in total. The lowest BCUT2D eigenvalue weighted by molar-refractivity contribution is -0.00902. The first-order valence-corrected chi connectivity index (χ1v) is 10.0. The molecule has 2 aromatic rings. The van der Waals surface area contributed by atoms with Crippen molar-refractivity contribution in [2.45, 2.75) is 51.4 Å². The number of fused-ring (bicyclic) bond motifs is 2. The summed E-state index contributed by atoms with van der Waals surface area (Å²) < 4.78 is 21.7. The van der Waals surface area contributed by atoms with Gasteiger partial charge in [-0.25, -0.2) is 4.39 Å². The topological polar surface area (TPSA) is 50.6 Å². The Labute approximate surface area is 163 Å². The van der Waals surface area contributed by atoms with Crippen LogP contribution in [-0.2, 0) is 18.2 Å². The number of rotatable bonds is 2. The highest BCUT2D eigenvalue weighted by molar-refractivity contribution is 6.08. The number of carbonyl (C=O) groups is 1. The highest BCUT2D eigenvalue weighted by Crippen LogP contribution is 2.41. The van der Waals surface area contributed by atoms with Gasteiger partial charge in [-0.2, -0.15) is 5.10 Å². The molecule has 0 radical (unpaired) electrons. The first-order valence-electron chi connectivity index (χ1n) is 10.0. The Hall–Kier alpha value is -2.41. The Morgan fingerprint density at radius 3 is 2.75 bits per heavy atom. The van der Waals surface area contributed by atoms with Gasteiger partial charge >= 0.3 is 0 Å². The number of hydrogen-bond acceptors (Lipinski definition) is 4. The van der Waals surface area contributed by atoms with Gasteiger partial charge in [0.25, 0.3) is 5.91 Å². The maximum Gasteiger partial charge on any atom is 0.279 e. The fraction of sp³-hybridized carbons (Fsp3) is 0.524. The molecule has 7 heteroatoms. The van der Waals surface area contributed by atoms with Gasteiger partial charge in [-0.3, -0.25) is 9.48 Å². The first-order chi connectivity index (χ1) is 13.4. The molecule has 28 heavy (non-hydrogen) atoms. The summed E-state index contributed by atoms with van der Waals surface area (Å²) in [6.45, 7) is 5.31. The number of halogens is 1. The van der Waals surface area contributed by atoms with Crippen LogP contribution in [-0.4, -0.2) is 40.9 Å². The second-order valence-corrected chi connectivity index (χ2v) is 8.14. The molecule has 1 fully saturated rings. The number of aromatic nitrogens is 2. The summed E-state index contributed by atoms with van der Waals surface area (Å²) in [6.07, 6.45) is 2.92. The fourth-order valence-corrected chi connectivity index (χ4v) is 4.72. The quantitative estimate of drug-likeness (QED) is 0.798. The normalized spacial score (nSPS) is 24.1. The maximum absolute atomic E-state index is 14.1. The molecule has 2 atom stereocenters. The largest absolute Gasteiger partial charge is 0.369 e. The van der Waals surface area contributed by atoms with Crippen molar-refractivity contribution in [2.75, 3.05) is 22.9 Å². The smallest absolute Gasteiger partial charge is 0.279 e. The van der Waals surface area contributed by atoms with E-state index in [1.54, 1.807) is 15.6 Å². The van der Waals surface area contributed by atoms with Crippen LogP contribution in [0.4, 0.5) is 15.8 Å². The van der Waals surface area contributed by atoms with Crippen molar-refractivity contribution < 1.29 is 13.9 Å². The summed E-state index contributed by atoms with van der Waals surface area (Å²) in [5.41, 5.74) is 3.97. The molecule has 0 saturated heterocycles. The van der Waals surface area contributed by atoms with Crippen molar-refractivity contribution in [1.82, 2.24) is 9.78 Å². The van der Waals surface area contributed by atoms with E-state index < -0.39 is 0 Å². The van der Waals surface area contributed by atoms with Crippen LogP contribution in [0.1, 0.15) is 54.5 Å². The second-order valence-electron chi connectivity index (χ2n) is 8.14. The average Bonchev–Trinajstić information content (AvgIpc) is 3.43. The second kappa shape index (κ2) is 6.30. The summed E-state index contributed by atoms with van der Waals surface area (Å²) in [5.74, 6) is -0.478. The van der Waals surface area contributed by atoms with Crippen molar-refractivity contribution in [3.05, 3.63) is 41.0 Å². The van der Waals surface area contributed by atoms with Crippen LogP contribution < -0.4 is 9.80 Å². The zero-order valence-electron chi connectivity index (χ0n) is 16.5. The van der Waals surface area contributed by atoms with Gasteiger partial charge < -0.3 is 14.5 Å². The molecule has 0 spiro atoms. The van der Waals surface area contributed by atoms with E-state index in [0.29, 0.717) is 30.4 Å². The zero-order valence-corrected chi connectivity index (χ0v) is 16.5. The SMILES string of the molecule is C[C@@H]1Cc2c(C(=O)N3CCN(C4CC4)c4ccc(F)cc43)nn(C)c2[C@H](C)O1. The van der Waals surface area contributed by atoms with E-state index in [2.05, 4.69) is 10.00 Å². The van der Waals surface area contributed by atoms with Gasteiger partial charge in [0, 0.05) is 38.2 Å². The summed E-state index contributed by atoms with van der Waals surface area (Å²) in [4.78, 5) is 17.5. The van der Waals surface area contributed by atoms with Crippen LogP contribution in [0.5, 0.6) is 0 Å². The van der Waals surface area contributed by atoms with Crippen LogP contribution in [0.15, 0.2) is 18.2 Å². The van der Waals surface area contributed by atoms with Gasteiger partial charge in [-0.1, -0.05) is 0 Å². The molecule has 3 heterocycles. The Balaban J connectivity index is 1.56. The molecule has 148 valence electrons. The summed E-state index contributed by atoms with van der Waals surface area (Å²) >= 11 is 0. The molecule has 2 aliphatic heterocycles. The van der Waals surface area contributed by atoms with E-state index in [9.17, 15) is 9.18 Å². The number of ether oxygens (including phenoxy) is 1. The van der Waals surface area contributed by atoms with Crippen LogP contribution in [0.25, 0.3) is 0 Å². The number of amides is 1. The molecule has 3 aliphatic rings. The first kappa shape index (κ1) is 17.7. The summed E-state index contributed by atoms with van der Waals surface area (Å²) in [6, 6.07) is 5.27. The van der Waals surface area contributed by atoms with E-state index >= 15 is 0 Å². The standard InChI is InChI=1S/C21H25FN4O2/c1-12-10-16-19(23-24(3)20(16)13(2)28-12)21(27)26-9-8-25(15-5-6-15)17-7-4-14(22)11-18(17)26/h4,7,11-13,15H,5-6,8-10H2,1-3H3/t12-,13+/m1/s1. The molecule has 0 bridgehead atoms. The van der Waals surface area contributed by atoms with Crippen LogP contribution in [0, 0.1) is 5.82 Å². The van der Waals surface area contributed by atoms with E-state index in [4.69, 9.17) is 4.74 Å². The van der Waals surface area contributed by atoms with Gasteiger partial charge in [-0.15, -0.1) is 0 Å². The summed E-state index contributed by atoms with van der Waals surface area (Å²) in [5, 5.41) is 4.55. The summed E-state index contributed by atoms with van der Waals surface area (Å²) in [7, 11) is 1.85. The molecule has 1 amide bonds. The van der Waals surface area contributed by atoms with Gasteiger partial charge in [0.05, 0.1) is 29.3 Å². The van der Waals surface area contributed by atoms with Gasteiger partial charge in [-0.05, 0) is 44.9 Å². The molecule has 1 aliphatic carbocycles. The minimum absolute atomic E-state index is 0.0368. The van der Waals surface area contributed by atoms with Crippen LogP contribution in [0.3, 0.4) is 0 Å². The third kappa shape index (κ3) is 2.71. The van der Waals surface area contributed by atoms with Crippen LogP contribution in [0.2, 0.25) is 0 Å². The monoisotopic (exact) mass is 384 g/mol. The van der Waals surface area contributed by atoms with Gasteiger partial charge in [0.15, 0.2) is 5.69 Å². The number of anilines is 2. The minimum atomic E-state index is -0.326. The predicted octanol–water partition coefficient (Wildman–Crippen LogP) is 3.21. The third-order valence-corrected chi connectivity index (χ3v) is 6.04. The molecule has 1 aromatic heterocycles. The van der Waals surface area contributed by atoms with E-state index in [-0.39, 0.29) is 23.9 Å². The van der Waals surface area contributed by atoms with E-state index in [1.165, 1.54) is 12.1 Å². The number of carbonyl (C=O) groups excluding carboxylic acids is 1. The van der Waals surface area contributed by atoms with Crippen molar-refractivity contribution in [3.8, 4) is 0 Å². The maximum atomic E-state index is 14.1. The molecule has 0 unspecified atom stereocenters. The van der Waals surface area contributed by atoms with Gasteiger partial charge in [0.1, 0.15) is 5.82 Å². The highest BCUT2D eigenvalue weighted by Gasteiger charge is 2.38. The molecular formula is C21H25FN4O2. The van der Waals surface area contributed by atoms with E-state index in [0.717, 1.165) is 36.3 Å². The number of benzene rings is 1. The predicted molar refractivity (Wildman–Crippen MR) is 104 cm³/mol. The van der Waals surface area contributed by atoms with Crippen molar-refractivity contribution >= 4 is 17.3 Å². The van der Waals surface area contributed by atoms with Crippen molar-refractivity contribution in [2.24, 2.45) is 7.05 Å². The molecule has 1 aromatic carbocycles. The number of hydrogen-bond donors (Lipinski definition) is 0.